The average molecular weight is 514 g/mol. The number of nitrogens with two attached hydrogens (primary N) is 1. The normalized spacial score (nSPS) is 22.6. The van der Waals surface area contributed by atoms with Gasteiger partial charge in [-0.2, -0.15) is 18.4 Å². The number of fused-ring (bicyclic) bond motifs is 6. The maximum atomic E-state index is 13.8. The molecule has 2 aliphatic rings. The Balaban J connectivity index is 1.95. The van der Waals surface area contributed by atoms with E-state index in [4.69, 9.17) is 5.73 Å². The van der Waals surface area contributed by atoms with E-state index < -0.39 is 17.8 Å². The summed E-state index contributed by atoms with van der Waals surface area (Å²) in [6, 6.07) is 10.7. The summed E-state index contributed by atoms with van der Waals surface area (Å²) in [4.78, 5) is 22.5. The van der Waals surface area contributed by atoms with Crippen LogP contribution in [0, 0.1) is 17.2 Å². The molecule has 10 heteroatoms. The van der Waals surface area contributed by atoms with Crippen molar-refractivity contribution in [2.24, 2.45) is 16.6 Å². The fourth-order valence-corrected chi connectivity index (χ4v) is 5.68. The molecule has 0 radical (unpaired) electrons. The van der Waals surface area contributed by atoms with Crippen LogP contribution in [0.3, 0.4) is 0 Å². The fourth-order valence-electron chi connectivity index (χ4n) is 4.64. The van der Waals surface area contributed by atoms with Gasteiger partial charge in [0.25, 0.3) is 0 Å². The minimum absolute atomic E-state index is 0.187. The summed E-state index contributed by atoms with van der Waals surface area (Å²) in [5.74, 6) is -0.802. The summed E-state index contributed by atoms with van der Waals surface area (Å²) in [6.07, 6.45) is -0.259. The number of nitriles is 1. The number of hydrogen-bond donors (Lipinski definition) is 1. The van der Waals surface area contributed by atoms with E-state index in [1.165, 1.54) is 23.6 Å². The van der Waals surface area contributed by atoms with Crippen molar-refractivity contribution in [1.82, 2.24) is 9.80 Å². The molecule has 0 spiro atoms. The first kappa shape index (κ1) is 25.7. The van der Waals surface area contributed by atoms with E-state index in [2.05, 4.69) is 11.1 Å². The van der Waals surface area contributed by atoms with Gasteiger partial charge < -0.3 is 15.5 Å². The van der Waals surface area contributed by atoms with E-state index in [1.54, 1.807) is 41.3 Å². The van der Waals surface area contributed by atoms with Gasteiger partial charge in [0.15, 0.2) is 0 Å². The van der Waals surface area contributed by atoms with Crippen LogP contribution in [-0.2, 0) is 11.3 Å². The van der Waals surface area contributed by atoms with Crippen molar-refractivity contribution in [3.63, 3.8) is 0 Å². The molecule has 2 atom stereocenters. The zero-order chi connectivity index (χ0) is 26.0. The van der Waals surface area contributed by atoms with Crippen LogP contribution in [0.4, 0.5) is 13.2 Å². The van der Waals surface area contributed by atoms with Crippen molar-refractivity contribution in [2.75, 3.05) is 33.7 Å². The second-order valence-electron chi connectivity index (χ2n) is 9.16. The van der Waals surface area contributed by atoms with Crippen LogP contribution >= 0.6 is 11.3 Å². The zero-order valence-electron chi connectivity index (χ0n) is 19.9. The Morgan fingerprint density at radius 1 is 1.31 bits per heavy atom. The molecule has 2 N–H and O–H groups in total. The molecule has 1 amide bonds. The van der Waals surface area contributed by atoms with Crippen LogP contribution in [0.15, 0.2) is 53.2 Å². The topological polar surface area (TPSA) is 85.7 Å². The third-order valence-electron chi connectivity index (χ3n) is 6.27. The molecule has 0 saturated carbocycles. The first-order valence-electron chi connectivity index (χ1n) is 11.4. The quantitative estimate of drug-likeness (QED) is 0.654. The minimum Gasteiger partial charge on any atom is -0.394 e. The van der Waals surface area contributed by atoms with Gasteiger partial charge in [0.2, 0.25) is 5.91 Å². The molecule has 1 unspecified atom stereocenters. The Bertz CT molecular complexity index is 1290. The highest BCUT2D eigenvalue weighted by atomic mass is 32.1. The molecule has 2 aliphatic heterocycles. The number of benzene rings is 1. The minimum atomic E-state index is -4.75. The fraction of sp³-hybridized carbons (Fsp3) is 0.346. The van der Waals surface area contributed by atoms with Crippen LogP contribution in [0.5, 0.6) is 0 Å². The molecule has 188 valence electrons. The summed E-state index contributed by atoms with van der Waals surface area (Å²) in [5, 5.41) is 9.49. The van der Waals surface area contributed by atoms with Crippen molar-refractivity contribution in [2.45, 2.75) is 18.6 Å². The summed E-state index contributed by atoms with van der Waals surface area (Å²) in [7, 11) is 3.76. The Morgan fingerprint density at radius 2 is 2.06 bits per heavy atom. The molecule has 4 rings (SSSR count). The molecular weight excluding hydrogens is 487 g/mol. The molecule has 3 heterocycles. The number of aliphatic imine (C=N–C) groups is 1. The number of alkyl halides is 3. The maximum absolute atomic E-state index is 13.8. The molecule has 1 aromatic heterocycles. The van der Waals surface area contributed by atoms with Crippen molar-refractivity contribution in [3.8, 4) is 6.07 Å². The number of carbonyl (C=O) groups is 1. The van der Waals surface area contributed by atoms with E-state index in [0.717, 1.165) is 10.4 Å². The Hall–Kier alpha value is -3.42. The van der Waals surface area contributed by atoms with Crippen LogP contribution in [0.25, 0.3) is 5.57 Å². The summed E-state index contributed by atoms with van der Waals surface area (Å²) >= 11 is 1.30. The number of nitrogens with zero attached hydrogens (tertiary/aromatic N) is 4. The zero-order valence-corrected chi connectivity index (χ0v) is 20.7. The van der Waals surface area contributed by atoms with E-state index >= 15 is 0 Å². The van der Waals surface area contributed by atoms with Crippen LogP contribution in [0.1, 0.15) is 32.4 Å². The van der Waals surface area contributed by atoms with Crippen LogP contribution in [0.2, 0.25) is 0 Å². The second-order valence-corrected chi connectivity index (χ2v) is 10.3. The van der Waals surface area contributed by atoms with E-state index in [0.29, 0.717) is 29.1 Å². The lowest BCUT2D eigenvalue weighted by atomic mass is 9.83. The van der Waals surface area contributed by atoms with Gasteiger partial charge in [0.1, 0.15) is 16.6 Å². The molecule has 0 fully saturated rings. The van der Waals surface area contributed by atoms with Crippen LogP contribution in [-0.4, -0.2) is 61.8 Å². The lowest BCUT2D eigenvalue weighted by Crippen LogP contribution is -2.37. The number of allylic oxidation sites excluding steroid dienone is 2. The number of hydrogen-bond acceptors (Lipinski definition) is 6. The van der Waals surface area contributed by atoms with Gasteiger partial charge in [0, 0.05) is 48.1 Å². The predicted octanol–water partition coefficient (Wildman–Crippen LogP) is 4.14. The van der Waals surface area contributed by atoms with Crippen molar-refractivity contribution >= 4 is 29.0 Å². The predicted molar refractivity (Wildman–Crippen MR) is 134 cm³/mol. The van der Waals surface area contributed by atoms with Gasteiger partial charge in [-0.25, -0.2) is 0 Å². The lowest BCUT2D eigenvalue weighted by molar-refractivity contribution is -0.127. The van der Waals surface area contributed by atoms with Gasteiger partial charge in [-0.15, -0.1) is 11.3 Å². The smallest absolute Gasteiger partial charge is 0.394 e. The highest BCUT2D eigenvalue weighted by Gasteiger charge is 2.37. The Kier molecular flexibility index (Phi) is 7.33. The Morgan fingerprint density at radius 3 is 2.75 bits per heavy atom. The van der Waals surface area contributed by atoms with E-state index in [1.807, 2.05) is 19.0 Å². The second kappa shape index (κ2) is 10.3. The van der Waals surface area contributed by atoms with Gasteiger partial charge in [-0.3, -0.25) is 9.79 Å². The molecule has 2 aromatic rings. The first-order chi connectivity index (χ1) is 17.1. The van der Waals surface area contributed by atoms with E-state index in [-0.39, 0.29) is 30.5 Å². The molecule has 0 aliphatic carbocycles. The summed E-state index contributed by atoms with van der Waals surface area (Å²) < 4.78 is 41.5. The third kappa shape index (κ3) is 5.37. The summed E-state index contributed by atoms with van der Waals surface area (Å²) in [5.41, 5.74) is 6.00. The monoisotopic (exact) mass is 513 g/mol. The van der Waals surface area contributed by atoms with Gasteiger partial charge in [0.05, 0.1) is 6.54 Å². The Labute approximate surface area is 211 Å². The first-order valence-corrected chi connectivity index (χ1v) is 12.2. The molecule has 1 aromatic carbocycles. The van der Waals surface area contributed by atoms with Crippen molar-refractivity contribution < 1.29 is 18.0 Å². The number of halogens is 3. The summed E-state index contributed by atoms with van der Waals surface area (Å²) in [6.45, 7) is 1.37. The molecule has 6 nitrogen and oxygen atoms in total. The number of carbonyl (C=O) groups excluding carboxylic acids is 1. The number of thiophene rings is 1. The lowest BCUT2D eigenvalue weighted by Gasteiger charge is -2.33. The van der Waals surface area contributed by atoms with Crippen LogP contribution < -0.4 is 5.73 Å². The molecule has 0 saturated heterocycles. The number of amides is 1. The molecular formula is C26H26F3N5OS. The highest BCUT2D eigenvalue weighted by molar-refractivity contribution is 7.12. The third-order valence-corrected chi connectivity index (χ3v) is 7.31. The maximum Gasteiger partial charge on any atom is 0.431 e. The average Bonchev–Trinajstić information content (AvgIpc) is 3.26. The largest absolute Gasteiger partial charge is 0.431 e. The van der Waals surface area contributed by atoms with Gasteiger partial charge >= 0.3 is 6.18 Å². The highest BCUT2D eigenvalue weighted by Crippen LogP contribution is 2.41. The molecule has 36 heavy (non-hydrogen) atoms. The van der Waals surface area contributed by atoms with Gasteiger partial charge in [-0.05, 0) is 42.9 Å². The van der Waals surface area contributed by atoms with Crippen molar-refractivity contribution in [3.05, 3.63) is 74.6 Å². The number of rotatable bonds is 2. The van der Waals surface area contributed by atoms with Gasteiger partial charge in [-0.1, -0.05) is 30.3 Å². The SMILES string of the molecule is CN(C)CC1/C=C/C(=O)N2Cc3sc(C#N)cc3[C@@H](C2)c2ccccc2C(=C(N)C(F)(F)F)C=NC1. The van der Waals surface area contributed by atoms with Crippen molar-refractivity contribution in [1.29, 1.82) is 5.26 Å². The standard InChI is InChI=1S/C26H26F3N5OS/c1-33(2)13-16-7-8-24(35)34-14-22(20-9-17(10-30)36-23(20)15-34)19-6-4-3-5-18(19)21(12-32-11-16)25(31)26(27,28)29/h3-9,12,16,22H,11,13-15,31H2,1-2H3/b8-7+,25-21?,32-12?/t16?,22-/m0/s1. The van der Waals surface area contributed by atoms with E-state index in [9.17, 15) is 23.2 Å². The molecule has 2 bridgehead atoms.